The number of halogens is 2. The van der Waals surface area contributed by atoms with Gasteiger partial charge in [0.25, 0.3) is 5.91 Å². The number of benzene rings is 2. The third-order valence-corrected chi connectivity index (χ3v) is 4.06. The van der Waals surface area contributed by atoms with Crippen molar-refractivity contribution in [1.82, 2.24) is 4.98 Å². The van der Waals surface area contributed by atoms with Crippen molar-refractivity contribution in [2.75, 3.05) is 11.5 Å². The zero-order valence-electron chi connectivity index (χ0n) is 13.8. The van der Waals surface area contributed by atoms with Crippen LogP contribution in [0, 0.1) is 5.82 Å². The zero-order valence-corrected chi connectivity index (χ0v) is 14.6. The van der Waals surface area contributed by atoms with Crippen molar-refractivity contribution in [1.29, 1.82) is 0 Å². The van der Waals surface area contributed by atoms with E-state index in [1.807, 2.05) is 18.2 Å². The molecule has 4 nitrogen and oxygen atoms in total. The summed E-state index contributed by atoms with van der Waals surface area (Å²) in [5, 5.41) is 0.253. The minimum Gasteiger partial charge on any atom is -0.484 e. The molecule has 2 aromatic carbocycles. The fraction of sp³-hybridized carbons (Fsp3) is 0.100. The normalized spacial score (nSPS) is 10.4. The number of carbonyl (C=O) groups excluding carboxylic acids is 1. The maximum absolute atomic E-state index is 14.2. The Morgan fingerprint density at radius 1 is 1.04 bits per heavy atom. The molecule has 1 amide bonds. The van der Waals surface area contributed by atoms with Gasteiger partial charge in [-0.15, -0.1) is 0 Å². The number of nitrogens with zero attached hydrogens (tertiary/aromatic N) is 2. The van der Waals surface area contributed by atoms with Crippen molar-refractivity contribution >= 4 is 23.3 Å². The number of carbonyl (C=O) groups is 1. The first kappa shape index (κ1) is 17.9. The van der Waals surface area contributed by atoms with E-state index in [1.165, 1.54) is 17.0 Å². The van der Waals surface area contributed by atoms with Crippen molar-refractivity contribution in [3.63, 3.8) is 0 Å². The number of ether oxygens (including phenoxy) is 1. The van der Waals surface area contributed by atoms with E-state index in [1.54, 1.807) is 42.6 Å². The average Bonchev–Trinajstić information content (AvgIpc) is 2.67. The molecule has 1 heterocycles. The number of para-hydroxylation sites is 1. The fourth-order valence-electron chi connectivity index (χ4n) is 2.39. The van der Waals surface area contributed by atoms with E-state index in [0.717, 1.165) is 0 Å². The number of aromatic nitrogens is 1. The molecule has 0 atom stereocenters. The molecule has 0 spiro atoms. The molecule has 0 saturated heterocycles. The molecule has 6 heteroatoms. The van der Waals surface area contributed by atoms with Crippen LogP contribution in [0.4, 0.5) is 10.2 Å². The van der Waals surface area contributed by atoms with Crippen LogP contribution in [0.1, 0.15) is 5.56 Å². The molecule has 3 rings (SSSR count). The molecule has 0 unspecified atom stereocenters. The maximum Gasteiger partial charge on any atom is 0.266 e. The lowest BCUT2D eigenvalue weighted by atomic mass is 10.2. The predicted molar refractivity (Wildman–Crippen MR) is 98.8 cm³/mol. The third kappa shape index (κ3) is 4.37. The molecule has 0 bridgehead atoms. The molecule has 26 heavy (non-hydrogen) atoms. The first-order valence-corrected chi connectivity index (χ1v) is 8.35. The molecular weight excluding hydrogens is 355 g/mol. The van der Waals surface area contributed by atoms with Gasteiger partial charge in [-0.2, -0.15) is 0 Å². The molecular formula is C20H16ClFN2O2. The molecule has 1 aromatic heterocycles. The summed E-state index contributed by atoms with van der Waals surface area (Å²) >= 11 is 6.11. The van der Waals surface area contributed by atoms with Crippen molar-refractivity contribution in [3.05, 3.63) is 89.3 Å². The van der Waals surface area contributed by atoms with Crippen LogP contribution in [0.3, 0.4) is 0 Å². The lowest BCUT2D eigenvalue weighted by Crippen LogP contribution is -2.35. The second-order valence-corrected chi connectivity index (χ2v) is 5.88. The molecule has 132 valence electrons. The summed E-state index contributed by atoms with van der Waals surface area (Å²) in [6, 6.07) is 18.6. The Morgan fingerprint density at radius 3 is 2.50 bits per heavy atom. The number of anilines is 1. The highest BCUT2D eigenvalue weighted by molar-refractivity contribution is 6.31. The largest absolute Gasteiger partial charge is 0.484 e. The highest BCUT2D eigenvalue weighted by Gasteiger charge is 2.21. The lowest BCUT2D eigenvalue weighted by molar-refractivity contribution is -0.120. The predicted octanol–water partition coefficient (Wildman–Crippen LogP) is 4.49. The monoisotopic (exact) mass is 370 g/mol. The first-order chi connectivity index (χ1) is 12.6. The second-order valence-electron chi connectivity index (χ2n) is 5.47. The third-order valence-electron chi connectivity index (χ3n) is 3.71. The Morgan fingerprint density at radius 2 is 1.81 bits per heavy atom. The molecule has 0 aliphatic carbocycles. The Bertz CT molecular complexity index is 855. The van der Waals surface area contributed by atoms with Crippen molar-refractivity contribution < 1.29 is 13.9 Å². The summed E-state index contributed by atoms with van der Waals surface area (Å²) in [4.78, 5) is 18.3. The minimum absolute atomic E-state index is 0.0422. The maximum atomic E-state index is 14.2. The molecule has 3 aromatic rings. The quantitative estimate of drug-likeness (QED) is 0.642. The van der Waals surface area contributed by atoms with Crippen LogP contribution >= 0.6 is 11.6 Å². The molecule has 0 fully saturated rings. The van der Waals surface area contributed by atoms with Gasteiger partial charge < -0.3 is 4.74 Å². The zero-order chi connectivity index (χ0) is 18.4. The number of rotatable bonds is 6. The van der Waals surface area contributed by atoms with Gasteiger partial charge in [-0.05, 0) is 36.4 Å². The lowest BCUT2D eigenvalue weighted by Gasteiger charge is -2.22. The number of amides is 1. The highest BCUT2D eigenvalue weighted by atomic mass is 35.5. The van der Waals surface area contributed by atoms with Crippen LogP contribution in [0.2, 0.25) is 5.02 Å². The fourth-order valence-corrected chi connectivity index (χ4v) is 2.61. The van der Waals surface area contributed by atoms with Crippen LogP contribution < -0.4 is 9.64 Å². The number of hydrogen-bond acceptors (Lipinski definition) is 3. The topological polar surface area (TPSA) is 42.4 Å². The minimum atomic E-state index is -0.477. The van der Waals surface area contributed by atoms with Gasteiger partial charge in [-0.3, -0.25) is 9.69 Å². The van der Waals surface area contributed by atoms with E-state index in [4.69, 9.17) is 16.3 Å². The summed E-state index contributed by atoms with van der Waals surface area (Å²) < 4.78 is 19.7. The van der Waals surface area contributed by atoms with E-state index in [9.17, 15) is 9.18 Å². The van der Waals surface area contributed by atoms with Crippen LogP contribution in [0.15, 0.2) is 72.9 Å². The Labute approximate surface area is 155 Å². The van der Waals surface area contributed by atoms with Gasteiger partial charge in [0, 0.05) is 16.8 Å². The van der Waals surface area contributed by atoms with Gasteiger partial charge in [-0.1, -0.05) is 41.9 Å². The summed E-state index contributed by atoms with van der Waals surface area (Å²) in [6.45, 7) is -0.244. The van der Waals surface area contributed by atoms with Gasteiger partial charge in [0.2, 0.25) is 0 Å². The number of hydrogen-bond donors (Lipinski definition) is 0. The van der Waals surface area contributed by atoms with Gasteiger partial charge in [-0.25, -0.2) is 9.37 Å². The van der Waals surface area contributed by atoms with Crippen molar-refractivity contribution in [2.24, 2.45) is 0 Å². The number of pyridine rings is 1. The highest BCUT2D eigenvalue weighted by Crippen LogP contribution is 2.23. The first-order valence-electron chi connectivity index (χ1n) is 7.97. The van der Waals surface area contributed by atoms with Gasteiger partial charge >= 0.3 is 0 Å². The van der Waals surface area contributed by atoms with Crippen LogP contribution in [0.5, 0.6) is 5.75 Å². The molecule has 0 aliphatic rings. The van der Waals surface area contributed by atoms with Gasteiger partial charge in [0.15, 0.2) is 6.61 Å². The van der Waals surface area contributed by atoms with Crippen LogP contribution in [-0.2, 0) is 11.3 Å². The van der Waals surface area contributed by atoms with Crippen LogP contribution in [-0.4, -0.2) is 17.5 Å². The second kappa shape index (κ2) is 8.45. The Balaban J connectivity index is 1.83. The Hall–Kier alpha value is -2.92. The van der Waals surface area contributed by atoms with Crippen molar-refractivity contribution in [3.8, 4) is 5.75 Å². The summed E-state index contributed by atoms with van der Waals surface area (Å²) in [7, 11) is 0. The smallest absolute Gasteiger partial charge is 0.266 e. The molecule has 0 N–H and O–H groups in total. The van der Waals surface area contributed by atoms with Gasteiger partial charge in [0.05, 0.1) is 6.54 Å². The van der Waals surface area contributed by atoms with Crippen molar-refractivity contribution in [2.45, 2.75) is 6.54 Å². The Kier molecular flexibility index (Phi) is 5.81. The average molecular weight is 371 g/mol. The SMILES string of the molecule is O=C(COc1ccccc1)N(Cc1c(F)cccc1Cl)c1ccccn1. The van der Waals surface area contributed by atoms with Crippen LogP contribution in [0.25, 0.3) is 0 Å². The molecule has 0 saturated carbocycles. The van der Waals surface area contributed by atoms with E-state index < -0.39 is 5.82 Å². The van der Waals surface area contributed by atoms with E-state index in [0.29, 0.717) is 11.6 Å². The molecule has 0 radical (unpaired) electrons. The molecule has 0 aliphatic heterocycles. The summed E-state index contributed by atoms with van der Waals surface area (Å²) in [6.07, 6.45) is 1.57. The standard InChI is InChI=1S/C20H16ClFN2O2/c21-17-9-6-10-18(22)16(17)13-24(19-11-4-5-12-23-19)20(25)14-26-15-7-2-1-3-8-15/h1-12H,13-14H2. The van der Waals surface area contributed by atoms with E-state index in [2.05, 4.69) is 4.98 Å². The van der Waals surface area contributed by atoms with E-state index >= 15 is 0 Å². The summed E-state index contributed by atoms with van der Waals surface area (Å²) in [5.74, 6) is 0.140. The van der Waals surface area contributed by atoms with Gasteiger partial charge in [0.1, 0.15) is 17.4 Å². The van der Waals surface area contributed by atoms with E-state index in [-0.39, 0.29) is 29.6 Å². The summed E-state index contributed by atoms with van der Waals surface area (Å²) in [5.41, 5.74) is 0.230.